The molecule has 0 amide bonds. The van der Waals surface area contributed by atoms with Gasteiger partial charge in [-0.2, -0.15) is 0 Å². The van der Waals surface area contributed by atoms with E-state index >= 15 is 0 Å². The number of rotatable bonds is 4. The summed E-state index contributed by atoms with van der Waals surface area (Å²) in [7, 11) is 0. The van der Waals surface area contributed by atoms with Crippen LogP contribution in [0.2, 0.25) is 0 Å². The van der Waals surface area contributed by atoms with E-state index in [1.807, 2.05) is 0 Å². The summed E-state index contributed by atoms with van der Waals surface area (Å²) in [4.78, 5) is 11.6. The van der Waals surface area contributed by atoms with Gasteiger partial charge in [-0.1, -0.05) is 0 Å². The van der Waals surface area contributed by atoms with Crippen LogP contribution in [0.1, 0.15) is 0 Å². The Morgan fingerprint density at radius 3 is 2.95 bits per heavy atom. The molecule has 0 atom stereocenters. The minimum atomic E-state index is -0.103. The first-order chi connectivity index (χ1) is 9.72. The van der Waals surface area contributed by atoms with Gasteiger partial charge in [0, 0.05) is 24.0 Å². The Hall–Kier alpha value is -2.63. The maximum atomic E-state index is 11.6. The van der Waals surface area contributed by atoms with Crippen molar-refractivity contribution in [2.45, 2.75) is 6.54 Å². The van der Waals surface area contributed by atoms with Crippen LogP contribution in [0, 0.1) is 0 Å². The van der Waals surface area contributed by atoms with Gasteiger partial charge in [-0.3, -0.25) is 4.79 Å². The van der Waals surface area contributed by atoms with E-state index in [2.05, 4.69) is 0 Å². The predicted octanol–water partition coefficient (Wildman–Crippen LogP) is 1.24. The first-order valence-electron chi connectivity index (χ1n) is 6.21. The number of hydrogen-bond acceptors (Lipinski definition) is 5. The van der Waals surface area contributed by atoms with Crippen LogP contribution in [0.5, 0.6) is 17.2 Å². The van der Waals surface area contributed by atoms with Gasteiger partial charge >= 0.3 is 0 Å². The highest BCUT2D eigenvalue weighted by Gasteiger charge is 2.13. The number of aromatic nitrogens is 1. The Morgan fingerprint density at radius 1 is 1.20 bits per heavy atom. The van der Waals surface area contributed by atoms with Crippen molar-refractivity contribution in [3.8, 4) is 17.2 Å². The first kappa shape index (κ1) is 12.4. The number of nitrogens with zero attached hydrogens (tertiary/aromatic N) is 1. The smallest absolute Gasteiger partial charge is 0.250 e. The van der Waals surface area contributed by atoms with Gasteiger partial charge in [0.2, 0.25) is 6.79 Å². The molecule has 3 rings (SSSR count). The summed E-state index contributed by atoms with van der Waals surface area (Å²) in [5.41, 5.74) is 6.09. The standard InChI is InChI=1S/C14H14N2O4/c15-10-1-4-14(17)16(8-10)5-6-18-11-2-3-12-13(7-11)20-9-19-12/h1-4,7-8H,5-6,9,15H2. The molecular formula is C14H14N2O4. The highest BCUT2D eigenvalue weighted by Crippen LogP contribution is 2.34. The number of hydrogen-bond donors (Lipinski definition) is 1. The summed E-state index contributed by atoms with van der Waals surface area (Å²) in [6.07, 6.45) is 1.60. The Morgan fingerprint density at radius 2 is 2.05 bits per heavy atom. The van der Waals surface area contributed by atoms with E-state index in [0.29, 0.717) is 36.1 Å². The van der Waals surface area contributed by atoms with E-state index in [1.54, 1.807) is 30.5 Å². The van der Waals surface area contributed by atoms with Crippen molar-refractivity contribution in [1.29, 1.82) is 0 Å². The van der Waals surface area contributed by atoms with E-state index in [9.17, 15) is 4.79 Å². The Bertz CT molecular complexity index is 681. The number of nitrogen functional groups attached to an aromatic ring is 1. The van der Waals surface area contributed by atoms with E-state index in [0.717, 1.165) is 0 Å². The van der Waals surface area contributed by atoms with Crippen molar-refractivity contribution in [1.82, 2.24) is 4.57 Å². The van der Waals surface area contributed by atoms with Crippen LogP contribution in [-0.4, -0.2) is 18.0 Å². The summed E-state index contributed by atoms with van der Waals surface area (Å²) in [5.74, 6) is 2.05. The third-order valence-electron chi connectivity index (χ3n) is 2.95. The van der Waals surface area contributed by atoms with Crippen molar-refractivity contribution in [3.63, 3.8) is 0 Å². The summed E-state index contributed by atoms with van der Waals surface area (Å²) < 4.78 is 17.6. The third kappa shape index (κ3) is 2.54. The fourth-order valence-corrected chi connectivity index (χ4v) is 1.95. The minimum Gasteiger partial charge on any atom is -0.492 e. The van der Waals surface area contributed by atoms with Crippen molar-refractivity contribution < 1.29 is 14.2 Å². The second kappa shape index (κ2) is 5.16. The molecule has 0 spiro atoms. The van der Waals surface area contributed by atoms with E-state index in [-0.39, 0.29) is 12.4 Å². The highest BCUT2D eigenvalue weighted by atomic mass is 16.7. The van der Waals surface area contributed by atoms with Crippen LogP contribution >= 0.6 is 0 Å². The number of ether oxygens (including phenoxy) is 3. The molecule has 104 valence electrons. The second-order valence-corrected chi connectivity index (χ2v) is 4.36. The van der Waals surface area contributed by atoms with Gasteiger partial charge in [0.1, 0.15) is 12.4 Å². The predicted molar refractivity (Wildman–Crippen MR) is 73.2 cm³/mol. The SMILES string of the molecule is Nc1ccc(=O)n(CCOc2ccc3c(c2)OCO3)c1. The highest BCUT2D eigenvalue weighted by molar-refractivity contribution is 5.46. The average molecular weight is 274 g/mol. The molecule has 6 nitrogen and oxygen atoms in total. The molecule has 1 aliphatic heterocycles. The van der Waals surface area contributed by atoms with E-state index < -0.39 is 0 Å². The lowest BCUT2D eigenvalue weighted by Gasteiger charge is -2.09. The normalized spacial score (nSPS) is 12.4. The molecule has 1 aliphatic rings. The maximum Gasteiger partial charge on any atom is 0.250 e. The zero-order valence-electron chi connectivity index (χ0n) is 10.7. The van der Waals surface area contributed by atoms with E-state index in [4.69, 9.17) is 19.9 Å². The number of fused-ring (bicyclic) bond motifs is 1. The van der Waals surface area contributed by atoms with Crippen molar-refractivity contribution >= 4 is 5.69 Å². The Labute approximate surface area is 115 Å². The molecule has 20 heavy (non-hydrogen) atoms. The molecule has 1 aromatic heterocycles. The van der Waals surface area contributed by atoms with Crippen molar-refractivity contribution in [2.24, 2.45) is 0 Å². The molecule has 0 saturated carbocycles. The molecule has 0 fully saturated rings. The fraction of sp³-hybridized carbons (Fsp3) is 0.214. The zero-order chi connectivity index (χ0) is 13.9. The van der Waals surface area contributed by atoms with Gasteiger partial charge in [-0.25, -0.2) is 0 Å². The van der Waals surface area contributed by atoms with Crippen molar-refractivity contribution in [2.75, 3.05) is 19.1 Å². The van der Waals surface area contributed by atoms with Crippen LogP contribution in [0.4, 0.5) is 5.69 Å². The van der Waals surface area contributed by atoms with Crippen LogP contribution in [0.15, 0.2) is 41.3 Å². The summed E-state index contributed by atoms with van der Waals surface area (Å²) in [6.45, 7) is 1.03. The minimum absolute atomic E-state index is 0.103. The largest absolute Gasteiger partial charge is 0.492 e. The van der Waals surface area contributed by atoms with Gasteiger partial charge in [-0.15, -0.1) is 0 Å². The maximum absolute atomic E-state index is 11.6. The molecule has 0 unspecified atom stereocenters. The third-order valence-corrected chi connectivity index (χ3v) is 2.95. The zero-order valence-corrected chi connectivity index (χ0v) is 10.7. The fourth-order valence-electron chi connectivity index (χ4n) is 1.95. The van der Waals surface area contributed by atoms with Crippen molar-refractivity contribution in [3.05, 3.63) is 46.9 Å². The topological polar surface area (TPSA) is 75.7 Å². The van der Waals surface area contributed by atoms with Gasteiger partial charge in [0.25, 0.3) is 5.56 Å². The monoisotopic (exact) mass is 274 g/mol. The van der Waals surface area contributed by atoms with Gasteiger partial charge < -0.3 is 24.5 Å². The van der Waals surface area contributed by atoms with E-state index in [1.165, 1.54) is 10.6 Å². The number of nitrogens with two attached hydrogens (primary N) is 1. The van der Waals surface area contributed by atoms with Gasteiger partial charge in [0.05, 0.1) is 6.54 Å². The Kier molecular flexibility index (Phi) is 3.20. The average Bonchev–Trinajstić information content (AvgIpc) is 2.90. The number of anilines is 1. The quantitative estimate of drug-likeness (QED) is 0.907. The van der Waals surface area contributed by atoms with Gasteiger partial charge in [-0.05, 0) is 18.2 Å². The number of pyridine rings is 1. The molecule has 2 heterocycles. The lowest BCUT2D eigenvalue weighted by atomic mass is 10.3. The molecule has 2 aromatic rings. The van der Waals surface area contributed by atoms with Crippen LogP contribution in [0.3, 0.4) is 0 Å². The Balaban J connectivity index is 1.62. The molecule has 1 aromatic carbocycles. The van der Waals surface area contributed by atoms with Crippen LogP contribution in [-0.2, 0) is 6.54 Å². The van der Waals surface area contributed by atoms with Crippen LogP contribution in [0.25, 0.3) is 0 Å². The summed E-state index contributed by atoms with van der Waals surface area (Å²) >= 11 is 0. The lowest BCUT2D eigenvalue weighted by molar-refractivity contribution is 0.173. The molecule has 2 N–H and O–H groups in total. The molecule has 0 bridgehead atoms. The molecule has 6 heteroatoms. The molecule has 0 saturated heterocycles. The molecule has 0 aliphatic carbocycles. The number of benzene rings is 1. The summed E-state index contributed by atoms with van der Waals surface area (Å²) in [5, 5.41) is 0. The second-order valence-electron chi connectivity index (χ2n) is 4.36. The van der Waals surface area contributed by atoms with Gasteiger partial charge in [0.15, 0.2) is 11.5 Å². The lowest BCUT2D eigenvalue weighted by Crippen LogP contribution is -2.22. The molecular weight excluding hydrogens is 260 g/mol. The molecule has 0 radical (unpaired) electrons. The first-order valence-corrected chi connectivity index (χ1v) is 6.21. The van der Waals surface area contributed by atoms with Crippen LogP contribution < -0.4 is 25.5 Å². The summed E-state index contributed by atoms with van der Waals surface area (Å²) in [6, 6.07) is 8.39.